The van der Waals surface area contributed by atoms with E-state index in [1.54, 1.807) is 6.07 Å². The second kappa shape index (κ2) is 9.22. The van der Waals surface area contributed by atoms with Gasteiger partial charge in [0.05, 0.1) is 25.2 Å². The highest BCUT2D eigenvalue weighted by Crippen LogP contribution is 2.19. The molecule has 0 N–H and O–H groups in total. The molecule has 0 unspecified atom stereocenters. The highest BCUT2D eigenvalue weighted by molar-refractivity contribution is 5.29. The molecule has 1 saturated heterocycles. The minimum atomic E-state index is -0.331. The van der Waals surface area contributed by atoms with Crippen molar-refractivity contribution >= 4 is 0 Å². The van der Waals surface area contributed by atoms with Gasteiger partial charge in [0.1, 0.15) is 0 Å². The van der Waals surface area contributed by atoms with Crippen LogP contribution in [0.15, 0.2) is 18.2 Å². The van der Waals surface area contributed by atoms with Crippen molar-refractivity contribution in [2.75, 3.05) is 39.8 Å². The molecule has 1 aliphatic heterocycles. The van der Waals surface area contributed by atoms with Crippen LogP contribution in [-0.4, -0.2) is 49.6 Å². The fraction of sp³-hybridized carbons (Fsp3) is 0.556. The molecule has 0 radical (unpaired) electrons. The number of rotatable bonds is 7. The number of hydrogen-bond acceptors (Lipinski definition) is 5. The van der Waals surface area contributed by atoms with Crippen LogP contribution in [0, 0.1) is 34.4 Å². The van der Waals surface area contributed by atoms with Gasteiger partial charge in [-0.3, -0.25) is 9.80 Å². The molecule has 0 saturated carbocycles. The number of methoxy groups -OCH3 is 1. The maximum absolute atomic E-state index is 13.7. The predicted molar refractivity (Wildman–Crippen MR) is 88.6 cm³/mol. The van der Waals surface area contributed by atoms with Crippen molar-refractivity contribution in [3.05, 3.63) is 29.6 Å². The maximum Gasteiger partial charge on any atom is 0.165 e. The summed E-state index contributed by atoms with van der Waals surface area (Å²) < 4.78 is 18.7. The Hall–Kier alpha value is -2.15. The van der Waals surface area contributed by atoms with Crippen LogP contribution in [0.3, 0.4) is 0 Å². The lowest BCUT2D eigenvalue weighted by Crippen LogP contribution is -2.47. The molecule has 2 rings (SSSR count). The van der Waals surface area contributed by atoms with E-state index in [-0.39, 0.29) is 17.5 Å². The number of halogens is 1. The predicted octanol–water partition coefficient (Wildman–Crippen LogP) is 2.40. The first-order valence-corrected chi connectivity index (χ1v) is 8.20. The van der Waals surface area contributed by atoms with Gasteiger partial charge in [-0.15, -0.1) is 0 Å². The first-order chi connectivity index (χ1) is 11.7. The summed E-state index contributed by atoms with van der Waals surface area (Å²) in [5.41, 5.74) is 0.936. The van der Waals surface area contributed by atoms with Crippen molar-refractivity contribution in [3.63, 3.8) is 0 Å². The molecule has 128 valence electrons. The van der Waals surface area contributed by atoms with Crippen molar-refractivity contribution < 1.29 is 9.13 Å². The molecule has 6 heteroatoms. The largest absolute Gasteiger partial charge is 0.494 e. The summed E-state index contributed by atoms with van der Waals surface area (Å²) in [6, 6.07) is 9.47. The summed E-state index contributed by atoms with van der Waals surface area (Å²) in [5.74, 6) is -0.140. The quantitative estimate of drug-likeness (QED) is 0.768. The number of nitriles is 2. The van der Waals surface area contributed by atoms with Gasteiger partial charge in [0, 0.05) is 45.7 Å². The Labute approximate surface area is 142 Å². The van der Waals surface area contributed by atoms with Gasteiger partial charge in [-0.1, -0.05) is 6.07 Å². The van der Waals surface area contributed by atoms with Crippen LogP contribution >= 0.6 is 0 Å². The number of ether oxygens (including phenoxy) is 1. The van der Waals surface area contributed by atoms with Gasteiger partial charge >= 0.3 is 0 Å². The molecule has 0 amide bonds. The van der Waals surface area contributed by atoms with Crippen LogP contribution < -0.4 is 4.74 Å². The van der Waals surface area contributed by atoms with Crippen LogP contribution in [-0.2, 0) is 6.54 Å². The molecule has 1 atom stereocenters. The lowest BCUT2D eigenvalue weighted by Gasteiger charge is -2.35. The molecule has 0 aromatic heterocycles. The Bertz CT molecular complexity index is 614. The standard InChI is InChI=1S/C18H23FN4O/c1-24-18-5-4-15(11-17(18)19)13-22-7-9-23(10-8-22)14-16(12-21)3-2-6-20/h4-5,11,16H,2-3,7-10,13-14H2,1H3/t16-/m1/s1. The molecule has 24 heavy (non-hydrogen) atoms. The van der Waals surface area contributed by atoms with Gasteiger partial charge in [-0.05, 0) is 24.1 Å². The average molecular weight is 330 g/mol. The monoisotopic (exact) mass is 330 g/mol. The Morgan fingerprint density at radius 3 is 2.50 bits per heavy atom. The first kappa shape index (κ1) is 18.2. The minimum Gasteiger partial charge on any atom is -0.494 e. The molecule has 1 aliphatic rings. The summed E-state index contributed by atoms with van der Waals surface area (Å²) >= 11 is 0. The van der Waals surface area contributed by atoms with Gasteiger partial charge in [0.15, 0.2) is 11.6 Å². The summed E-state index contributed by atoms with van der Waals surface area (Å²) in [6.45, 7) is 5.01. The summed E-state index contributed by atoms with van der Waals surface area (Å²) in [7, 11) is 1.46. The molecule has 1 aromatic carbocycles. The lowest BCUT2D eigenvalue weighted by atomic mass is 10.0. The third-order valence-electron chi connectivity index (χ3n) is 4.35. The molecule has 1 heterocycles. The minimum absolute atomic E-state index is 0.0770. The smallest absolute Gasteiger partial charge is 0.165 e. The van der Waals surface area contributed by atoms with Crippen molar-refractivity contribution in [2.24, 2.45) is 5.92 Å². The van der Waals surface area contributed by atoms with E-state index in [1.807, 2.05) is 6.07 Å². The molecule has 0 spiro atoms. The highest BCUT2D eigenvalue weighted by atomic mass is 19.1. The van der Waals surface area contributed by atoms with E-state index in [9.17, 15) is 4.39 Å². The zero-order chi connectivity index (χ0) is 17.4. The van der Waals surface area contributed by atoms with E-state index < -0.39 is 0 Å². The number of nitrogens with zero attached hydrogens (tertiary/aromatic N) is 4. The van der Waals surface area contributed by atoms with E-state index in [4.69, 9.17) is 15.3 Å². The number of benzene rings is 1. The maximum atomic E-state index is 13.7. The third-order valence-corrected chi connectivity index (χ3v) is 4.35. The van der Waals surface area contributed by atoms with Crippen LogP contribution in [0.25, 0.3) is 0 Å². The topological polar surface area (TPSA) is 63.3 Å². The summed E-state index contributed by atoms with van der Waals surface area (Å²) in [5, 5.41) is 17.8. The first-order valence-electron chi connectivity index (χ1n) is 8.20. The zero-order valence-corrected chi connectivity index (χ0v) is 14.0. The molecule has 5 nitrogen and oxygen atoms in total. The van der Waals surface area contributed by atoms with Crippen molar-refractivity contribution in [1.29, 1.82) is 10.5 Å². The molecular weight excluding hydrogens is 307 g/mol. The van der Waals surface area contributed by atoms with Crippen LogP contribution in [0.5, 0.6) is 5.75 Å². The van der Waals surface area contributed by atoms with Crippen LogP contribution in [0.1, 0.15) is 18.4 Å². The average Bonchev–Trinajstić information content (AvgIpc) is 2.60. The Kier molecular flexibility index (Phi) is 6.99. The van der Waals surface area contributed by atoms with Crippen LogP contribution in [0.4, 0.5) is 4.39 Å². The number of piperazine rings is 1. The van der Waals surface area contributed by atoms with E-state index >= 15 is 0 Å². The van der Waals surface area contributed by atoms with Crippen molar-refractivity contribution in [3.8, 4) is 17.9 Å². The summed E-state index contributed by atoms with van der Waals surface area (Å²) in [6.07, 6.45) is 1.07. The molecule has 0 aliphatic carbocycles. The van der Waals surface area contributed by atoms with Crippen LogP contribution in [0.2, 0.25) is 0 Å². The second-order valence-corrected chi connectivity index (χ2v) is 6.07. The Balaban J connectivity index is 1.79. The van der Waals surface area contributed by atoms with Crippen molar-refractivity contribution in [1.82, 2.24) is 9.80 Å². The Morgan fingerprint density at radius 1 is 1.21 bits per heavy atom. The SMILES string of the molecule is COc1ccc(CN2CCN(C[C@@H](C#N)CCC#N)CC2)cc1F. The normalized spacial score (nSPS) is 17.0. The van der Waals surface area contributed by atoms with Crippen molar-refractivity contribution in [2.45, 2.75) is 19.4 Å². The lowest BCUT2D eigenvalue weighted by molar-refractivity contribution is 0.118. The third kappa shape index (κ3) is 5.19. The molecular formula is C18H23FN4O. The van der Waals surface area contributed by atoms with E-state index in [1.165, 1.54) is 13.2 Å². The van der Waals surface area contributed by atoms with E-state index in [2.05, 4.69) is 21.9 Å². The second-order valence-electron chi connectivity index (χ2n) is 6.07. The fourth-order valence-corrected chi connectivity index (χ4v) is 2.94. The van der Waals surface area contributed by atoms with Gasteiger partial charge in [-0.25, -0.2) is 4.39 Å². The van der Waals surface area contributed by atoms with E-state index in [0.717, 1.165) is 38.3 Å². The molecule has 1 fully saturated rings. The van der Waals surface area contributed by atoms with Gasteiger partial charge < -0.3 is 4.74 Å². The van der Waals surface area contributed by atoms with E-state index in [0.29, 0.717) is 19.4 Å². The fourth-order valence-electron chi connectivity index (χ4n) is 2.94. The molecule has 0 bridgehead atoms. The van der Waals surface area contributed by atoms with Gasteiger partial charge in [0.25, 0.3) is 0 Å². The molecule has 1 aromatic rings. The summed E-state index contributed by atoms with van der Waals surface area (Å²) in [4.78, 5) is 4.56. The van der Waals surface area contributed by atoms with Gasteiger partial charge in [-0.2, -0.15) is 10.5 Å². The Morgan fingerprint density at radius 2 is 1.92 bits per heavy atom. The van der Waals surface area contributed by atoms with Gasteiger partial charge in [0.2, 0.25) is 0 Å². The number of hydrogen-bond donors (Lipinski definition) is 0. The highest BCUT2D eigenvalue weighted by Gasteiger charge is 2.20. The zero-order valence-electron chi connectivity index (χ0n) is 14.0.